The number of piperidine rings is 1. The van der Waals surface area contributed by atoms with Crippen molar-refractivity contribution in [3.63, 3.8) is 0 Å². The van der Waals surface area contributed by atoms with Crippen molar-refractivity contribution in [1.82, 2.24) is 9.80 Å². The van der Waals surface area contributed by atoms with Crippen molar-refractivity contribution in [3.8, 4) is 0 Å². The van der Waals surface area contributed by atoms with Crippen molar-refractivity contribution < 1.29 is 45.1 Å². The second kappa shape index (κ2) is 15.0. The number of hydrogen-bond donors (Lipinski definition) is 0. The Bertz CT molecular complexity index is 1370. The topological polar surface area (TPSA) is 49.9 Å². The first-order valence-corrected chi connectivity index (χ1v) is 16.2. The molecule has 5 nitrogen and oxygen atoms in total. The highest BCUT2D eigenvalue weighted by atomic mass is 19.4. The largest absolute Gasteiger partial charge is 0.466 e. The number of alkyl halides is 6. The zero-order valence-corrected chi connectivity index (χ0v) is 27.2. The minimum atomic E-state index is -5.00. The van der Waals surface area contributed by atoms with E-state index in [1.807, 2.05) is 0 Å². The fraction of sp³-hybridized carbons (Fsp3) is 0.600. The van der Waals surface area contributed by atoms with Crippen LogP contribution in [0.25, 0.3) is 0 Å². The SMILES string of the molecule is CCOC(=O)CC1CCC(CN2CC[C@H](C(=O)N(C)C(C)c3cc(C(F)(F)F)cc(C(F)(F)F)c3)[C@@H](c3ccc(F)cc3C)C2)CC1. The van der Waals surface area contributed by atoms with Crippen molar-refractivity contribution in [1.29, 1.82) is 0 Å². The number of hydrogen-bond acceptors (Lipinski definition) is 4. The van der Waals surface area contributed by atoms with E-state index in [0.717, 1.165) is 37.8 Å². The Kier molecular flexibility index (Phi) is 11.7. The molecule has 47 heavy (non-hydrogen) atoms. The van der Waals surface area contributed by atoms with E-state index in [1.54, 1.807) is 19.9 Å². The maximum Gasteiger partial charge on any atom is 0.416 e. The molecule has 0 bridgehead atoms. The van der Waals surface area contributed by atoms with Gasteiger partial charge in [-0.15, -0.1) is 0 Å². The minimum absolute atomic E-state index is 0.0774. The Labute approximate surface area is 271 Å². The van der Waals surface area contributed by atoms with Crippen LogP contribution in [-0.4, -0.2) is 55.0 Å². The summed E-state index contributed by atoms with van der Waals surface area (Å²) in [7, 11) is 1.40. The first-order valence-electron chi connectivity index (χ1n) is 16.2. The second-order valence-corrected chi connectivity index (χ2v) is 13.1. The number of likely N-dealkylation sites (tertiary alicyclic amines) is 1. The Hall–Kier alpha value is -3.15. The molecule has 2 aromatic rings. The van der Waals surface area contributed by atoms with E-state index < -0.39 is 47.2 Å². The van der Waals surface area contributed by atoms with E-state index in [4.69, 9.17) is 4.74 Å². The molecule has 2 aromatic carbocycles. The van der Waals surface area contributed by atoms with E-state index >= 15 is 0 Å². The molecule has 2 fully saturated rings. The van der Waals surface area contributed by atoms with Crippen LogP contribution in [0.15, 0.2) is 36.4 Å². The maximum absolute atomic E-state index is 14.1. The summed E-state index contributed by atoms with van der Waals surface area (Å²) in [4.78, 5) is 29.5. The number of nitrogens with zero attached hydrogens (tertiary/aromatic N) is 2. The van der Waals surface area contributed by atoms with E-state index in [1.165, 1.54) is 31.0 Å². The van der Waals surface area contributed by atoms with E-state index in [0.29, 0.717) is 62.1 Å². The first-order chi connectivity index (χ1) is 22.0. The van der Waals surface area contributed by atoms with Crippen molar-refractivity contribution in [2.24, 2.45) is 17.8 Å². The Morgan fingerprint density at radius 3 is 2.09 bits per heavy atom. The van der Waals surface area contributed by atoms with Crippen LogP contribution in [0.2, 0.25) is 0 Å². The predicted molar refractivity (Wildman–Crippen MR) is 163 cm³/mol. The normalized spacial score (nSPS) is 23.3. The molecule has 1 saturated carbocycles. The smallest absolute Gasteiger partial charge is 0.416 e. The lowest BCUT2D eigenvalue weighted by Crippen LogP contribution is -2.47. The lowest BCUT2D eigenvalue weighted by molar-refractivity contribution is -0.145. The van der Waals surface area contributed by atoms with Gasteiger partial charge >= 0.3 is 18.3 Å². The number of ether oxygens (including phenoxy) is 1. The zero-order valence-electron chi connectivity index (χ0n) is 27.2. The third-order valence-electron chi connectivity index (χ3n) is 9.91. The van der Waals surface area contributed by atoms with Gasteiger partial charge in [0.2, 0.25) is 5.91 Å². The van der Waals surface area contributed by atoms with Gasteiger partial charge in [-0.05, 0) is 118 Å². The molecule has 3 atom stereocenters. The molecule has 1 unspecified atom stereocenters. The fourth-order valence-corrected chi connectivity index (χ4v) is 7.19. The highest BCUT2D eigenvalue weighted by molar-refractivity contribution is 5.80. The summed E-state index contributed by atoms with van der Waals surface area (Å²) >= 11 is 0. The summed E-state index contributed by atoms with van der Waals surface area (Å²) in [5.41, 5.74) is -1.69. The number of carbonyl (C=O) groups is 2. The summed E-state index contributed by atoms with van der Waals surface area (Å²) in [5, 5.41) is 0. The quantitative estimate of drug-likeness (QED) is 0.198. The van der Waals surface area contributed by atoms with Crippen molar-refractivity contribution in [2.45, 2.75) is 83.6 Å². The van der Waals surface area contributed by atoms with Crippen LogP contribution < -0.4 is 0 Å². The highest BCUT2D eigenvalue weighted by Crippen LogP contribution is 2.41. The van der Waals surface area contributed by atoms with Gasteiger partial charge < -0.3 is 14.5 Å². The Morgan fingerprint density at radius 1 is 0.936 bits per heavy atom. The van der Waals surface area contributed by atoms with Gasteiger partial charge in [-0.1, -0.05) is 6.07 Å². The number of esters is 1. The maximum atomic E-state index is 14.1. The van der Waals surface area contributed by atoms with Crippen LogP contribution in [0.4, 0.5) is 30.7 Å². The molecule has 0 spiro atoms. The molecular formula is C35H43F7N2O3. The summed E-state index contributed by atoms with van der Waals surface area (Å²) < 4.78 is 101. The van der Waals surface area contributed by atoms with E-state index in [-0.39, 0.29) is 23.5 Å². The van der Waals surface area contributed by atoms with E-state index in [2.05, 4.69) is 4.90 Å². The molecule has 1 aliphatic carbocycles. The van der Waals surface area contributed by atoms with Crippen LogP contribution in [0.3, 0.4) is 0 Å². The molecule has 260 valence electrons. The number of halogens is 7. The third kappa shape index (κ3) is 9.27. The molecule has 1 heterocycles. The van der Waals surface area contributed by atoms with Crippen molar-refractivity contribution in [3.05, 3.63) is 70.0 Å². The lowest BCUT2D eigenvalue weighted by atomic mass is 9.76. The van der Waals surface area contributed by atoms with E-state index in [9.17, 15) is 40.3 Å². The molecule has 4 rings (SSSR count). The summed E-state index contributed by atoms with van der Waals surface area (Å²) in [5.74, 6) is -1.26. The van der Waals surface area contributed by atoms with Crippen LogP contribution in [0.1, 0.15) is 92.1 Å². The number of rotatable bonds is 9. The number of amides is 1. The van der Waals surface area contributed by atoms with Crippen LogP contribution in [0, 0.1) is 30.5 Å². The van der Waals surface area contributed by atoms with Gasteiger partial charge in [0.25, 0.3) is 0 Å². The average molecular weight is 673 g/mol. The lowest BCUT2D eigenvalue weighted by Gasteiger charge is -2.42. The first kappa shape index (κ1) is 36.7. The van der Waals surface area contributed by atoms with Gasteiger partial charge in [0.05, 0.1) is 23.8 Å². The Morgan fingerprint density at radius 2 is 1.53 bits per heavy atom. The molecule has 0 radical (unpaired) electrons. The number of aryl methyl sites for hydroxylation is 1. The van der Waals surface area contributed by atoms with Gasteiger partial charge in [-0.2, -0.15) is 26.3 Å². The molecular weight excluding hydrogens is 629 g/mol. The second-order valence-electron chi connectivity index (χ2n) is 13.1. The van der Waals surface area contributed by atoms with Crippen LogP contribution in [0.5, 0.6) is 0 Å². The van der Waals surface area contributed by atoms with Gasteiger partial charge in [0.15, 0.2) is 0 Å². The van der Waals surface area contributed by atoms with Crippen LogP contribution in [-0.2, 0) is 26.7 Å². The van der Waals surface area contributed by atoms with Gasteiger partial charge in [0.1, 0.15) is 5.82 Å². The van der Waals surface area contributed by atoms with Crippen molar-refractivity contribution in [2.75, 3.05) is 33.3 Å². The molecule has 0 N–H and O–H groups in total. The average Bonchev–Trinajstić information content (AvgIpc) is 3.00. The van der Waals surface area contributed by atoms with Gasteiger partial charge in [-0.3, -0.25) is 9.59 Å². The summed E-state index contributed by atoms with van der Waals surface area (Å²) in [6.45, 7) is 7.20. The fourth-order valence-electron chi connectivity index (χ4n) is 7.19. The summed E-state index contributed by atoms with van der Waals surface area (Å²) in [6.07, 6.45) is -5.40. The minimum Gasteiger partial charge on any atom is -0.466 e. The molecule has 2 aliphatic rings. The van der Waals surface area contributed by atoms with Gasteiger partial charge in [0, 0.05) is 38.4 Å². The predicted octanol–water partition coefficient (Wildman–Crippen LogP) is 8.56. The highest BCUT2D eigenvalue weighted by Gasteiger charge is 2.41. The number of benzene rings is 2. The van der Waals surface area contributed by atoms with Crippen molar-refractivity contribution >= 4 is 11.9 Å². The molecule has 1 amide bonds. The zero-order chi connectivity index (χ0) is 34.7. The monoisotopic (exact) mass is 672 g/mol. The van der Waals surface area contributed by atoms with Gasteiger partial charge in [-0.25, -0.2) is 4.39 Å². The Balaban J connectivity index is 1.52. The molecule has 1 saturated heterocycles. The molecule has 1 aliphatic heterocycles. The molecule has 0 aromatic heterocycles. The summed E-state index contributed by atoms with van der Waals surface area (Å²) in [6, 6.07) is 4.71. The van der Waals surface area contributed by atoms with Crippen LogP contribution >= 0.6 is 0 Å². The molecule has 12 heteroatoms. The number of carbonyl (C=O) groups excluding carboxylic acids is 2. The standard InChI is InChI=1S/C35H43F7N2O3/c1-5-47-32(45)15-23-6-8-24(9-7-23)19-44-13-12-30(31(20-44)29-11-10-28(36)14-21(29)2)33(46)43(4)22(3)25-16-26(34(37,38)39)18-27(17-25)35(40,41)42/h10-11,14,16-18,22-24,30-31H,5-9,12-13,15,19-20H2,1-4H3/t22?,23?,24?,30-,31+/m0/s1. The third-order valence-corrected chi connectivity index (χ3v) is 9.91.